The van der Waals surface area contributed by atoms with Crippen LogP contribution in [0, 0.1) is 0 Å². The Morgan fingerprint density at radius 2 is 1.88 bits per heavy atom. The number of pyridine rings is 1. The lowest BCUT2D eigenvalue weighted by Gasteiger charge is -2.01. The lowest BCUT2D eigenvalue weighted by molar-refractivity contribution is 0.1000. The van der Waals surface area contributed by atoms with Gasteiger partial charge in [-0.3, -0.25) is 9.78 Å². The van der Waals surface area contributed by atoms with Crippen LogP contribution in [0.4, 0.5) is 0 Å². The number of carbonyl (C=O) groups is 1. The molecule has 16 heavy (non-hydrogen) atoms. The van der Waals surface area contributed by atoms with E-state index in [4.69, 9.17) is 5.73 Å². The van der Waals surface area contributed by atoms with Gasteiger partial charge in [-0.2, -0.15) is 0 Å². The lowest BCUT2D eigenvalue weighted by Crippen LogP contribution is -2.11. The molecule has 1 aromatic carbocycles. The highest BCUT2D eigenvalue weighted by Gasteiger charge is 2.01. The van der Waals surface area contributed by atoms with E-state index in [2.05, 4.69) is 4.98 Å². The fourth-order valence-corrected chi connectivity index (χ4v) is 1.48. The van der Waals surface area contributed by atoms with Gasteiger partial charge in [0.2, 0.25) is 5.91 Å². The summed E-state index contributed by atoms with van der Waals surface area (Å²) in [5.41, 5.74) is 7.70. The van der Waals surface area contributed by atoms with Crippen LogP contribution in [0.5, 0.6) is 0 Å². The quantitative estimate of drug-likeness (QED) is 0.843. The van der Waals surface area contributed by atoms with Crippen LogP contribution < -0.4 is 5.73 Å². The first kappa shape index (κ1) is 10.4. The normalized spacial score (nSPS) is 10.0. The third-order valence-electron chi connectivity index (χ3n) is 2.34. The third kappa shape index (κ3) is 2.45. The van der Waals surface area contributed by atoms with Crippen LogP contribution in [0.2, 0.25) is 0 Å². The minimum Gasteiger partial charge on any atom is -0.366 e. The first-order chi connectivity index (χ1) is 7.75. The molecule has 2 N–H and O–H groups in total. The largest absolute Gasteiger partial charge is 0.366 e. The number of primary amides is 1. The second-order valence-electron chi connectivity index (χ2n) is 3.56. The SMILES string of the molecule is NC(=O)c1ccc(Cc2ccccc2)nc1. The maximum atomic E-state index is 10.9. The first-order valence-electron chi connectivity index (χ1n) is 5.04. The lowest BCUT2D eigenvalue weighted by atomic mass is 10.1. The highest BCUT2D eigenvalue weighted by atomic mass is 16.1. The Morgan fingerprint density at radius 3 is 2.44 bits per heavy atom. The zero-order valence-electron chi connectivity index (χ0n) is 8.76. The number of hydrogen-bond acceptors (Lipinski definition) is 2. The smallest absolute Gasteiger partial charge is 0.250 e. The molecule has 3 nitrogen and oxygen atoms in total. The fraction of sp³-hybridized carbons (Fsp3) is 0.0769. The van der Waals surface area contributed by atoms with Gasteiger partial charge >= 0.3 is 0 Å². The van der Waals surface area contributed by atoms with Crippen LogP contribution >= 0.6 is 0 Å². The molecule has 0 radical (unpaired) electrons. The molecule has 0 unspecified atom stereocenters. The molecule has 0 aliphatic carbocycles. The van der Waals surface area contributed by atoms with E-state index in [0.717, 1.165) is 12.1 Å². The van der Waals surface area contributed by atoms with Crippen LogP contribution in [0.3, 0.4) is 0 Å². The van der Waals surface area contributed by atoms with Gasteiger partial charge in [-0.05, 0) is 17.7 Å². The summed E-state index contributed by atoms with van der Waals surface area (Å²) in [5, 5.41) is 0. The Labute approximate surface area is 93.9 Å². The van der Waals surface area contributed by atoms with E-state index >= 15 is 0 Å². The average molecular weight is 212 g/mol. The summed E-state index contributed by atoms with van der Waals surface area (Å²) in [7, 11) is 0. The zero-order valence-corrected chi connectivity index (χ0v) is 8.76. The first-order valence-corrected chi connectivity index (χ1v) is 5.04. The molecule has 0 fully saturated rings. The van der Waals surface area contributed by atoms with Crippen molar-refractivity contribution in [3.8, 4) is 0 Å². The van der Waals surface area contributed by atoms with Gasteiger partial charge < -0.3 is 5.73 Å². The Morgan fingerprint density at radius 1 is 1.12 bits per heavy atom. The number of carbonyl (C=O) groups excluding carboxylic acids is 1. The van der Waals surface area contributed by atoms with Crippen molar-refractivity contribution < 1.29 is 4.79 Å². The van der Waals surface area contributed by atoms with Gasteiger partial charge in [-0.25, -0.2) is 0 Å². The van der Waals surface area contributed by atoms with Gasteiger partial charge in [0.25, 0.3) is 0 Å². The molecule has 2 aromatic rings. The molecule has 1 heterocycles. The van der Waals surface area contributed by atoms with Crippen molar-refractivity contribution in [2.24, 2.45) is 5.73 Å². The highest BCUT2D eigenvalue weighted by Crippen LogP contribution is 2.07. The van der Waals surface area contributed by atoms with Crippen molar-refractivity contribution in [1.29, 1.82) is 0 Å². The van der Waals surface area contributed by atoms with E-state index in [1.807, 2.05) is 36.4 Å². The zero-order chi connectivity index (χ0) is 11.4. The van der Waals surface area contributed by atoms with Crippen LogP contribution in [0.15, 0.2) is 48.7 Å². The van der Waals surface area contributed by atoms with Gasteiger partial charge in [-0.15, -0.1) is 0 Å². The van der Waals surface area contributed by atoms with Gasteiger partial charge in [-0.1, -0.05) is 30.3 Å². The summed E-state index contributed by atoms with van der Waals surface area (Å²) >= 11 is 0. The van der Waals surface area contributed by atoms with Crippen LogP contribution in [0.1, 0.15) is 21.6 Å². The van der Waals surface area contributed by atoms with Crippen molar-refractivity contribution >= 4 is 5.91 Å². The minimum absolute atomic E-state index is 0.441. The number of nitrogens with two attached hydrogens (primary N) is 1. The summed E-state index contributed by atoms with van der Waals surface area (Å²) in [6.45, 7) is 0. The molecule has 1 aromatic heterocycles. The van der Waals surface area contributed by atoms with E-state index in [1.165, 1.54) is 11.8 Å². The molecular formula is C13H12N2O. The van der Waals surface area contributed by atoms with Crippen molar-refractivity contribution in [1.82, 2.24) is 4.98 Å². The van der Waals surface area contributed by atoms with Crippen LogP contribution in [0.25, 0.3) is 0 Å². The molecule has 0 atom stereocenters. The molecule has 0 aliphatic rings. The van der Waals surface area contributed by atoms with Crippen molar-refractivity contribution in [3.05, 3.63) is 65.5 Å². The Hall–Kier alpha value is -2.16. The Balaban J connectivity index is 2.14. The van der Waals surface area contributed by atoms with Gasteiger partial charge in [0.1, 0.15) is 0 Å². The molecule has 0 saturated heterocycles. The van der Waals surface area contributed by atoms with E-state index in [0.29, 0.717) is 5.56 Å². The van der Waals surface area contributed by atoms with E-state index in [9.17, 15) is 4.79 Å². The minimum atomic E-state index is -0.446. The van der Waals surface area contributed by atoms with Crippen molar-refractivity contribution in [2.75, 3.05) is 0 Å². The number of hydrogen-bond donors (Lipinski definition) is 1. The number of rotatable bonds is 3. The third-order valence-corrected chi connectivity index (χ3v) is 2.34. The molecule has 0 saturated carbocycles. The molecule has 3 heteroatoms. The molecule has 1 amide bonds. The summed E-state index contributed by atoms with van der Waals surface area (Å²) in [6.07, 6.45) is 2.28. The second kappa shape index (κ2) is 4.57. The summed E-state index contributed by atoms with van der Waals surface area (Å²) in [6, 6.07) is 13.6. The van der Waals surface area contributed by atoms with Gasteiger partial charge in [0.15, 0.2) is 0 Å². The monoisotopic (exact) mass is 212 g/mol. The average Bonchev–Trinajstić information content (AvgIpc) is 2.31. The molecule has 0 bridgehead atoms. The van der Waals surface area contributed by atoms with E-state index in [-0.39, 0.29) is 0 Å². The Kier molecular flexibility index (Phi) is 2.96. The van der Waals surface area contributed by atoms with Crippen molar-refractivity contribution in [3.63, 3.8) is 0 Å². The predicted molar refractivity (Wildman–Crippen MR) is 62.0 cm³/mol. The molecular weight excluding hydrogens is 200 g/mol. The number of amides is 1. The number of nitrogens with zero attached hydrogens (tertiary/aromatic N) is 1. The van der Waals surface area contributed by atoms with E-state index < -0.39 is 5.91 Å². The summed E-state index contributed by atoms with van der Waals surface area (Å²) in [5.74, 6) is -0.446. The fourth-order valence-electron chi connectivity index (χ4n) is 1.48. The summed E-state index contributed by atoms with van der Waals surface area (Å²) in [4.78, 5) is 15.0. The number of aromatic nitrogens is 1. The molecule has 2 rings (SSSR count). The van der Waals surface area contributed by atoms with Crippen LogP contribution in [-0.4, -0.2) is 10.9 Å². The second-order valence-corrected chi connectivity index (χ2v) is 3.56. The molecule has 80 valence electrons. The molecule has 0 spiro atoms. The maximum absolute atomic E-state index is 10.9. The van der Waals surface area contributed by atoms with E-state index in [1.54, 1.807) is 6.07 Å². The Bertz CT molecular complexity index is 477. The summed E-state index contributed by atoms with van der Waals surface area (Å²) < 4.78 is 0. The van der Waals surface area contributed by atoms with Gasteiger partial charge in [0.05, 0.1) is 5.56 Å². The predicted octanol–water partition coefficient (Wildman–Crippen LogP) is 1.77. The van der Waals surface area contributed by atoms with Crippen molar-refractivity contribution in [2.45, 2.75) is 6.42 Å². The maximum Gasteiger partial charge on any atom is 0.250 e. The standard InChI is InChI=1S/C13H12N2O/c14-13(16)11-6-7-12(15-9-11)8-10-4-2-1-3-5-10/h1-7,9H,8H2,(H2,14,16). The topological polar surface area (TPSA) is 56.0 Å². The number of benzene rings is 1. The van der Waals surface area contributed by atoms with Crippen LogP contribution in [-0.2, 0) is 6.42 Å². The highest BCUT2D eigenvalue weighted by molar-refractivity contribution is 5.92. The van der Waals surface area contributed by atoms with Gasteiger partial charge in [0, 0.05) is 18.3 Å². The molecule has 0 aliphatic heterocycles.